The van der Waals surface area contributed by atoms with Crippen LogP contribution in [0.2, 0.25) is 0 Å². The van der Waals surface area contributed by atoms with Crippen molar-refractivity contribution < 1.29 is 24.6 Å². The van der Waals surface area contributed by atoms with Crippen molar-refractivity contribution in [2.24, 2.45) is 5.73 Å². The van der Waals surface area contributed by atoms with Gasteiger partial charge in [0, 0.05) is 6.04 Å². The van der Waals surface area contributed by atoms with E-state index in [0.29, 0.717) is 0 Å². The Hall–Kier alpha value is -1.34. The number of halogens is 1. The number of amides is 1. The van der Waals surface area contributed by atoms with Gasteiger partial charge in [0.15, 0.2) is 0 Å². The number of carbonyl (C=O) groups excluding carboxylic acids is 1. The molecule has 122 valence electrons. The van der Waals surface area contributed by atoms with Crippen LogP contribution in [0.5, 0.6) is 0 Å². The lowest BCUT2D eigenvalue weighted by molar-refractivity contribution is -0.153. The summed E-state index contributed by atoms with van der Waals surface area (Å²) in [6.07, 6.45) is 3.94. The molecule has 2 atom stereocenters. The van der Waals surface area contributed by atoms with E-state index in [1.807, 2.05) is 0 Å². The smallest absolute Gasteiger partial charge is 0.326 e. The van der Waals surface area contributed by atoms with Gasteiger partial charge in [-0.1, -0.05) is 19.3 Å². The van der Waals surface area contributed by atoms with Gasteiger partial charge in [-0.2, -0.15) is 0 Å². The normalized spacial score (nSPS) is 18.2. The number of hydrogen-bond donors (Lipinski definition) is 3. The van der Waals surface area contributed by atoms with E-state index in [1.54, 1.807) is 0 Å². The largest absolute Gasteiger partial charge is 0.481 e. The van der Waals surface area contributed by atoms with Crippen LogP contribution in [0.4, 0.5) is 0 Å². The summed E-state index contributed by atoms with van der Waals surface area (Å²) in [5, 5.41) is 17.9. The number of nitrogens with zero attached hydrogens (tertiary/aromatic N) is 1. The number of aliphatic carboxylic acids is 2. The van der Waals surface area contributed by atoms with Crippen molar-refractivity contribution in [3.63, 3.8) is 0 Å². The molecule has 21 heavy (non-hydrogen) atoms. The van der Waals surface area contributed by atoms with Gasteiger partial charge in [0.1, 0.15) is 6.04 Å². The molecular formula is C13H23ClN2O5. The minimum absolute atomic E-state index is 0. The van der Waals surface area contributed by atoms with Crippen LogP contribution in [-0.2, 0) is 14.4 Å². The first-order valence-corrected chi connectivity index (χ1v) is 6.87. The van der Waals surface area contributed by atoms with Crippen molar-refractivity contribution in [1.82, 2.24) is 4.90 Å². The van der Waals surface area contributed by atoms with E-state index in [0.717, 1.165) is 32.1 Å². The molecule has 0 aromatic heterocycles. The van der Waals surface area contributed by atoms with Crippen LogP contribution in [0, 0.1) is 0 Å². The lowest BCUT2D eigenvalue weighted by Crippen LogP contribution is -2.55. The fraction of sp³-hybridized carbons (Fsp3) is 0.769. The topological polar surface area (TPSA) is 121 Å². The van der Waals surface area contributed by atoms with Crippen LogP contribution in [0.25, 0.3) is 0 Å². The van der Waals surface area contributed by atoms with Gasteiger partial charge in [-0.15, -0.1) is 12.4 Å². The Morgan fingerprint density at radius 2 is 1.71 bits per heavy atom. The standard InChI is InChI=1S/C13H22N2O5.ClH/c1-8(13(19)20)15(9-5-3-2-4-6-9)12(18)10(14)7-11(16)17;/h8-10H,2-7,14H2,1H3,(H,16,17)(H,19,20);1H/t8-,10-;/m0./s1. The van der Waals surface area contributed by atoms with Crippen LogP contribution in [0.1, 0.15) is 45.4 Å². The number of carbonyl (C=O) groups is 3. The highest BCUT2D eigenvalue weighted by Gasteiger charge is 2.35. The number of nitrogens with two attached hydrogens (primary N) is 1. The van der Waals surface area contributed by atoms with E-state index in [4.69, 9.17) is 15.9 Å². The lowest BCUT2D eigenvalue weighted by atomic mass is 9.92. The molecule has 0 saturated heterocycles. The maximum atomic E-state index is 12.3. The fourth-order valence-electron chi connectivity index (χ4n) is 2.63. The SMILES string of the molecule is C[C@@H](C(=O)O)N(C(=O)[C@@H](N)CC(=O)O)C1CCCCC1.Cl. The van der Waals surface area contributed by atoms with Crippen LogP contribution >= 0.6 is 12.4 Å². The van der Waals surface area contributed by atoms with Crippen molar-refractivity contribution in [3.05, 3.63) is 0 Å². The quantitative estimate of drug-likeness (QED) is 0.666. The number of carboxylic acids is 2. The predicted molar refractivity (Wildman–Crippen MR) is 78.3 cm³/mol. The van der Waals surface area contributed by atoms with E-state index in [2.05, 4.69) is 0 Å². The second-order valence-electron chi connectivity index (χ2n) is 5.26. The summed E-state index contributed by atoms with van der Waals surface area (Å²) < 4.78 is 0. The van der Waals surface area contributed by atoms with Crippen LogP contribution < -0.4 is 5.73 Å². The van der Waals surface area contributed by atoms with Gasteiger partial charge in [0.05, 0.1) is 12.5 Å². The van der Waals surface area contributed by atoms with Gasteiger partial charge < -0.3 is 20.8 Å². The molecule has 1 fully saturated rings. The Balaban J connectivity index is 0.00000400. The molecule has 1 saturated carbocycles. The van der Waals surface area contributed by atoms with Crippen molar-refractivity contribution in [3.8, 4) is 0 Å². The zero-order chi connectivity index (χ0) is 15.3. The molecule has 0 bridgehead atoms. The molecular weight excluding hydrogens is 300 g/mol. The van der Waals surface area contributed by atoms with Crippen LogP contribution in [0.15, 0.2) is 0 Å². The maximum Gasteiger partial charge on any atom is 0.326 e. The summed E-state index contributed by atoms with van der Waals surface area (Å²) in [4.78, 5) is 35.4. The van der Waals surface area contributed by atoms with Crippen molar-refractivity contribution in [1.29, 1.82) is 0 Å². The number of carboxylic acid groups (broad SMARTS) is 2. The first kappa shape index (κ1) is 19.7. The van der Waals surface area contributed by atoms with Gasteiger partial charge in [-0.25, -0.2) is 4.79 Å². The summed E-state index contributed by atoms with van der Waals surface area (Å²) in [7, 11) is 0. The fourth-order valence-corrected chi connectivity index (χ4v) is 2.63. The van der Waals surface area contributed by atoms with Gasteiger partial charge in [0.2, 0.25) is 5.91 Å². The molecule has 0 aromatic carbocycles. The number of rotatable bonds is 6. The molecule has 4 N–H and O–H groups in total. The highest BCUT2D eigenvalue weighted by atomic mass is 35.5. The first-order chi connectivity index (χ1) is 9.34. The maximum absolute atomic E-state index is 12.3. The second-order valence-corrected chi connectivity index (χ2v) is 5.26. The van der Waals surface area contributed by atoms with E-state index in [-0.39, 0.29) is 18.4 Å². The van der Waals surface area contributed by atoms with Crippen LogP contribution in [0.3, 0.4) is 0 Å². The molecule has 0 heterocycles. The number of hydrogen-bond acceptors (Lipinski definition) is 4. The average molecular weight is 323 g/mol. The van der Waals surface area contributed by atoms with Gasteiger partial charge in [0.25, 0.3) is 0 Å². The first-order valence-electron chi connectivity index (χ1n) is 6.87. The van der Waals surface area contributed by atoms with Gasteiger partial charge in [-0.05, 0) is 19.8 Å². The van der Waals surface area contributed by atoms with Crippen molar-refractivity contribution in [2.45, 2.75) is 63.6 Å². The summed E-state index contributed by atoms with van der Waals surface area (Å²) in [6.45, 7) is 1.43. The molecule has 0 aliphatic heterocycles. The zero-order valence-corrected chi connectivity index (χ0v) is 12.8. The Morgan fingerprint density at radius 1 is 1.19 bits per heavy atom. The highest BCUT2D eigenvalue weighted by Crippen LogP contribution is 2.25. The van der Waals surface area contributed by atoms with Gasteiger partial charge >= 0.3 is 11.9 Å². The summed E-state index contributed by atoms with van der Waals surface area (Å²) in [5.41, 5.74) is 5.60. The van der Waals surface area contributed by atoms with Crippen molar-refractivity contribution >= 4 is 30.3 Å². The average Bonchev–Trinajstić information content (AvgIpc) is 2.39. The zero-order valence-electron chi connectivity index (χ0n) is 12.0. The predicted octanol–water partition coefficient (Wildman–Crippen LogP) is 0.845. The summed E-state index contributed by atoms with van der Waals surface area (Å²) in [6, 6.07) is -2.36. The summed E-state index contributed by atoms with van der Waals surface area (Å²) in [5.74, 6) is -2.86. The Bertz CT molecular complexity index is 385. The molecule has 0 unspecified atom stereocenters. The molecule has 7 nitrogen and oxygen atoms in total. The molecule has 0 spiro atoms. The third-order valence-electron chi connectivity index (χ3n) is 3.71. The Kier molecular flexibility index (Phi) is 8.27. The molecule has 1 aliphatic rings. The molecule has 0 aromatic rings. The minimum Gasteiger partial charge on any atom is -0.481 e. The third kappa shape index (κ3) is 5.51. The van der Waals surface area contributed by atoms with Gasteiger partial charge in [-0.3, -0.25) is 9.59 Å². The van der Waals surface area contributed by atoms with Crippen molar-refractivity contribution in [2.75, 3.05) is 0 Å². The molecule has 1 aliphatic carbocycles. The Labute approximate surface area is 129 Å². The molecule has 0 radical (unpaired) electrons. The lowest BCUT2D eigenvalue weighted by Gasteiger charge is -2.38. The molecule has 1 rings (SSSR count). The van der Waals surface area contributed by atoms with E-state index >= 15 is 0 Å². The third-order valence-corrected chi connectivity index (χ3v) is 3.71. The van der Waals surface area contributed by atoms with E-state index in [1.165, 1.54) is 11.8 Å². The second kappa shape index (κ2) is 8.84. The monoisotopic (exact) mass is 322 g/mol. The molecule has 1 amide bonds. The van der Waals surface area contributed by atoms with E-state index < -0.39 is 36.4 Å². The Morgan fingerprint density at radius 3 is 2.14 bits per heavy atom. The minimum atomic E-state index is -1.20. The highest BCUT2D eigenvalue weighted by molar-refractivity contribution is 5.89. The molecule has 8 heteroatoms. The summed E-state index contributed by atoms with van der Waals surface area (Å²) >= 11 is 0. The van der Waals surface area contributed by atoms with Crippen LogP contribution in [-0.4, -0.2) is 51.1 Å². The van der Waals surface area contributed by atoms with E-state index in [9.17, 15) is 14.4 Å².